The minimum atomic E-state index is -4.00. The van der Waals surface area contributed by atoms with Gasteiger partial charge < -0.3 is 24.6 Å². The second-order valence-corrected chi connectivity index (χ2v) is 7.75. The average molecular weight is 396 g/mol. The number of hydrogen-bond acceptors (Lipinski definition) is 9. The summed E-state index contributed by atoms with van der Waals surface area (Å²) in [7, 11) is -5.53. The third kappa shape index (κ3) is 20.5. The van der Waals surface area contributed by atoms with Crippen LogP contribution in [0.5, 0.6) is 0 Å². The standard InChI is InChI=1S/C7H18NO4P.C4H11O4PS/c1-11-13(9,10)12-7-5-3-2-4-6-8;1-7-9(5,6)8-3-2-4-10/h2-8H2,1H3,(H,9,10);10H,2-4H2,1H3,(H,5,6)/p-1. The number of hydrogen-bond donors (Lipinski definition) is 3. The van der Waals surface area contributed by atoms with E-state index in [4.69, 9.17) is 10.6 Å². The highest BCUT2D eigenvalue weighted by molar-refractivity contribution is 7.80. The maximum absolute atomic E-state index is 10.7. The summed E-state index contributed by atoms with van der Waals surface area (Å²) in [4.78, 5) is 19.3. The molecule has 0 amide bonds. The fraction of sp³-hybridized carbons (Fsp3) is 1.00. The van der Waals surface area contributed by atoms with Gasteiger partial charge in [-0.25, -0.2) is 4.57 Å². The Morgan fingerprint density at radius 1 is 1.00 bits per heavy atom. The molecule has 0 radical (unpaired) electrons. The van der Waals surface area contributed by atoms with E-state index in [1.807, 2.05) is 0 Å². The molecule has 0 aliphatic rings. The normalized spacial score (nSPS) is 16.1. The van der Waals surface area contributed by atoms with E-state index in [9.17, 15) is 14.0 Å². The van der Waals surface area contributed by atoms with Gasteiger partial charge in [0, 0.05) is 14.2 Å². The van der Waals surface area contributed by atoms with Gasteiger partial charge in [0.15, 0.2) is 0 Å². The maximum Gasteiger partial charge on any atom is 0.471 e. The van der Waals surface area contributed by atoms with Crippen molar-refractivity contribution in [1.29, 1.82) is 0 Å². The predicted molar refractivity (Wildman–Crippen MR) is 89.3 cm³/mol. The third-order valence-electron chi connectivity index (χ3n) is 2.36. The molecule has 0 fully saturated rings. The molecule has 0 aromatic heterocycles. The first-order valence-electron chi connectivity index (χ1n) is 7.10. The van der Waals surface area contributed by atoms with Gasteiger partial charge >= 0.3 is 7.82 Å². The van der Waals surface area contributed by atoms with Crippen LogP contribution in [0.2, 0.25) is 0 Å². The van der Waals surface area contributed by atoms with Gasteiger partial charge in [0.1, 0.15) is 0 Å². The molecule has 0 aromatic rings. The van der Waals surface area contributed by atoms with Crippen LogP contribution in [0, 0.1) is 0 Å². The van der Waals surface area contributed by atoms with E-state index in [1.165, 1.54) is 0 Å². The van der Waals surface area contributed by atoms with Crippen molar-refractivity contribution in [2.75, 3.05) is 39.7 Å². The topological polar surface area (TPSA) is 140 Å². The van der Waals surface area contributed by atoms with Crippen molar-refractivity contribution in [3.63, 3.8) is 0 Å². The Hall–Kier alpha value is 0.530. The molecule has 3 N–H and O–H groups in total. The Morgan fingerprint density at radius 3 is 2.04 bits per heavy atom. The van der Waals surface area contributed by atoms with E-state index in [0.29, 0.717) is 18.7 Å². The van der Waals surface area contributed by atoms with Crippen molar-refractivity contribution < 1.29 is 37.0 Å². The molecule has 0 rings (SSSR count). The fourth-order valence-corrected chi connectivity index (χ4v) is 2.18. The van der Waals surface area contributed by atoms with E-state index >= 15 is 0 Å². The van der Waals surface area contributed by atoms with E-state index in [-0.39, 0.29) is 13.2 Å². The lowest BCUT2D eigenvalue weighted by Gasteiger charge is -2.19. The smallest absolute Gasteiger partial charge is 0.471 e. The quantitative estimate of drug-likeness (QED) is 0.241. The number of thiol groups is 1. The zero-order chi connectivity index (χ0) is 18.2. The molecule has 142 valence electrons. The lowest BCUT2D eigenvalue weighted by Crippen LogP contribution is -2.07. The van der Waals surface area contributed by atoms with Gasteiger partial charge in [-0.1, -0.05) is 12.8 Å². The van der Waals surface area contributed by atoms with Crippen LogP contribution in [0.4, 0.5) is 0 Å². The number of unbranched alkanes of at least 4 members (excludes halogenated alkanes) is 3. The van der Waals surface area contributed by atoms with E-state index in [2.05, 4.69) is 30.7 Å². The lowest BCUT2D eigenvalue weighted by atomic mass is 10.2. The molecule has 2 atom stereocenters. The van der Waals surface area contributed by atoms with Crippen LogP contribution < -0.4 is 10.6 Å². The summed E-state index contributed by atoms with van der Waals surface area (Å²) < 4.78 is 38.4. The highest BCUT2D eigenvalue weighted by Gasteiger charge is 2.16. The van der Waals surface area contributed by atoms with Gasteiger partial charge in [-0.2, -0.15) is 12.6 Å². The van der Waals surface area contributed by atoms with E-state index in [0.717, 1.165) is 39.9 Å². The van der Waals surface area contributed by atoms with Crippen molar-refractivity contribution in [1.82, 2.24) is 0 Å². The number of phosphoric acid groups is 2. The Morgan fingerprint density at radius 2 is 1.57 bits per heavy atom. The maximum atomic E-state index is 10.7. The zero-order valence-corrected chi connectivity index (χ0v) is 16.3. The van der Waals surface area contributed by atoms with Crippen LogP contribution >= 0.6 is 28.3 Å². The zero-order valence-electron chi connectivity index (χ0n) is 13.6. The van der Waals surface area contributed by atoms with Gasteiger partial charge in [-0.3, -0.25) is 13.6 Å². The fourth-order valence-electron chi connectivity index (χ4n) is 1.13. The monoisotopic (exact) mass is 396 g/mol. The van der Waals surface area contributed by atoms with Crippen molar-refractivity contribution in [3.8, 4) is 0 Å². The summed E-state index contributed by atoms with van der Waals surface area (Å²) in [5, 5.41) is 0. The molecule has 0 heterocycles. The average Bonchev–Trinajstić information content (AvgIpc) is 2.51. The SMILES string of the molecule is COP(=O)(O)OCCCS.COP(=O)([O-])OCCCCCCN. The Balaban J connectivity index is 0. The molecule has 0 saturated heterocycles. The summed E-state index contributed by atoms with van der Waals surface area (Å²) >= 11 is 3.89. The summed E-state index contributed by atoms with van der Waals surface area (Å²) in [6, 6.07) is 0. The molecular formula is C11H28NO8P2S-. The van der Waals surface area contributed by atoms with E-state index in [1.54, 1.807) is 0 Å². The highest BCUT2D eigenvalue weighted by atomic mass is 32.1. The van der Waals surface area contributed by atoms with Gasteiger partial charge in [0.05, 0.1) is 13.2 Å². The molecule has 9 nitrogen and oxygen atoms in total. The molecule has 12 heteroatoms. The van der Waals surface area contributed by atoms with Crippen LogP contribution in [0.15, 0.2) is 0 Å². The first-order valence-corrected chi connectivity index (χ1v) is 10.7. The number of rotatable bonds is 13. The first-order chi connectivity index (χ1) is 10.7. The van der Waals surface area contributed by atoms with Crippen LogP contribution in [-0.4, -0.2) is 44.6 Å². The molecule has 0 bridgehead atoms. The second kappa shape index (κ2) is 16.0. The van der Waals surface area contributed by atoms with Gasteiger partial charge in [-0.05, 0) is 31.6 Å². The molecular weight excluding hydrogens is 368 g/mol. The Kier molecular flexibility index (Phi) is 18.0. The lowest BCUT2D eigenvalue weighted by molar-refractivity contribution is -0.223. The number of nitrogens with two attached hydrogens (primary N) is 1. The summed E-state index contributed by atoms with van der Waals surface area (Å²) in [6.07, 6.45) is 4.27. The minimum Gasteiger partial charge on any atom is -0.756 e. The van der Waals surface area contributed by atoms with Gasteiger partial charge in [0.2, 0.25) is 0 Å². The van der Waals surface area contributed by atoms with Crippen LogP contribution in [-0.2, 0) is 27.2 Å². The van der Waals surface area contributed by atoms with Crippen molar-refractivity contribution in [2.24, 2.45) is 5.73 Å². The molecule has 0 saturated carbocycles. The van der Waals surface area contributed by atoms with E-state index < -0.39 is 15.6 Å². The van der Waals surface area contributed by atoms with Gasteiger partial charge in [0.25, 0.3) is 7.82 Å². The summed E-state index contributed by atoms with van der Waals surface area (Å²) in [5.41, 5.74) is 5.29. The molecule has 0 spiro atoms. The Labute approximate surface area is 143 Å². The van der Waals surface area contributed by atoms with Gasteiger partial charge in [-0.15, -0.1) is 0 Å². The summed E-state index contributed by atoms with van der Waals surface area (Å²) in [5.74, 6) is 0.629. The van der Waals surface area contributed by atoms with Crippen LogP contribution in [0.1, 0.15) is 32.1 Å². The minimum absolute atomic E-state index is 0.194. The van der Waals surface area contributed by atoms with Crippen molar-refractivity contribution >= 4 is 28.3 Å². The van der Waals surface area contributed by atoms with Crippen molar-refractivity contribution in [2.45, 2.75) is 32.1 Å². The van der Waals surface area contributed by atoms with Crippen molar-refractivity contribution in [3.05, 3.63) is 0 Å². The molecule has 0 aromatic carbocycles. The largest absolute Gasteiger partial charge is 0.756 e. The van der Waals surface area contributed by atoms with Crippen LogP contribution in [0.25, 0.3) is 0 Å². The third-order valence-corrected chi connectivity index (χ3v) is 4.59. The summed E-state index contributed by atoms with van der Waals surface area (Å²) in [6.45, 7) is 1.07. The van der Waals surface area contributed by atoms with Crippen LogP contribution in [0.3, 0.4) is 0 Å². The first kappa shape index (κ1) is 25.8. The highest BCUT2D eigenvalue weighted by Crippen LogP contribution is 2.41. The molecule has 2 unspecified atom stereocenters. The molecule has 0 aliphatic carbocycles. The molecule has 23 heavy (non-hydrogen) atoms. The predicted octanol–water partition coefficient (Wildman–Crippen LogP) is 1.71. The Bertz CT molecular complexity index is 361. The second-order valence-electron chi connectivity index (χ2n) is 4.23. The molecule has 0 aliphatic heterocycles. The number of phosphoric ester groups is 2.